The summed E-state index contributed by atoms with van der Waals surface area (Å²) in [5.41, 5.74) is 4.95. The van der Waals surface area contributed by atoms with E-state index < -0.39 is 0 Å². The van der Waals surface area contributed by atoms with Gasteiger partial charge in [-0.1, -0.05) is 23.8 Å². The van der Waals surface area contributed by atoms with Gasteiger partial charge in [0.1, 0.15) is 5.82 Å². The molecule has 1 heterocycles. The summed E-state index contributed by atoms with van der Waals surface area (Å²) >= 11 is 0. The van der Waals surface area contributed by atoms with E-state index in [-0.39, 0.29) is 6.04 Å². The smallest absolute Gasteiger partial charge is 0.137 e. The maximum absolute atomic E-state index is 4.57. The minimum atomic E-state index is 0.270. The van der Waals surface area contributed by atoms with E-state index in [4.69, 9.17) is 0 Å². The van der Waals surface area contributed by atoms with Crippen LogP contribution in [0.5, 0.6) is 0 Å². The number of hydrogen-bond donors (Lipinski definition) is 1. The van der Waals surface area contributed by atoms with Crippen LogP contribution in [0.25, 0.3) is 0 Å². The van der Waals surface area contributed by atoms with Crippen molar-refractivity contribution in [2.45, 2.75) is 26.8 Å². The van der Waals surface area contributed by atoms with E-state index in [2.05, 4.69) is 67.3 Å². The molecule has 3 nitrogen and oxygen atoms in total. The lowest BCUT2D eigenvalue weighted by Gasteiger charge is -2.25. The predicted octanol–water partition coefficient (Wildman–Crippen LogP) is 3.75. The molecule has 20 heavy (non-hydrogen) atoms. The van der Waals surface area contributed by atoms with Gasteiger partial charge in [-0.25, -0.2) is 4.98 Å². The van der Waals surface area contributed by atoms with Crippen molar-refractivity contribution in [2.24, 2.45) is 0 Å². The topological polar surface area (TPSA) is 28.2 Å². The minimum Gasteiger partial charge on any atom is -0.329 e. The van der Waals surface area contributed by atoms with Crippen molar-refractivity contribution in [2.75, 3.05) is 19.0 Å². The Morgan fingerprint density at radius 2 is 1.95 bits per heavy atom. The monoisotopic (exact) mass is 269 g/mol. The SMILES string of the molecule is CNC(C)c1cccnc1N(C)c1ccc(C)cc1C. The fourth-order valence-electron chi connectivity index (χ4n) is 2.48. The molecular formula is C17H23N3. The number of rotatable bonds is 4. The number of nitrogens with one attached hydrogen (secondary N) is 1. The van der Waals surface area contributed by atoms with Crippen molar-refractivity contribution in [3.63, 3.8) is 0 Å². The van der Waals surface area contributed by atoms with Gasteiger partial charge in [0.15, 0.2) is 0 Å². The highest BCUT2D eigenvalue weighted by atomic mass is 15.2. The molecule has 1 N–H and O–H groups in total. The number of nitrogens with zero attached hydrogens (tertiary/aromatic N) is 2. The van der Waals surface area contributed by atoms with Gasteiger partial charge in [0, 0.05) is 30.5 Å². The number of pyridine rings is 1. The summed E-state index contributed by atoms with van der Waals surface area (Å²) in [6, 6.07) is 10.9. The zero-order chi connectivity index (χ0) is 14.7. The van der Waals surface area contributed by atoms with Crippen molar-refractivity contribution >= 4 is 11.5 Å². The fraction of sp³-hybridized carbons (Fsp3) is 0.353. The van der Waals surface area contributed by atoms with Crippen LogP contribution in [0.2, 0.25) is 0 Å². The van der Waals surface area contributed by atoms with Gasteiger partial charge in [-0.3, -0.25) is 0 Å². The van der Waals surface area contributed by atoms with E-state index in [1.54, 1.807) is 0 Å². The van der Waals surface area contributed by atoms with Crippen molar-refractivity contribution in [3.05, 3.63) is 53.2 Å². The third-order valence-electron chi connectivity index (χ3n) is 3.75. The highest BCUT2D eigenvalue weighted by molar-refractivity contribution is 5.66. The summed E-state index contributed by atoms with van der Waals surface area (Å²) in [4.78, 5) is 6.74. The molecule has 0 saturated carbocycles. The molecule has 0 bridgehead atoms. The Morgan fingerprint density at radius 3 is 2.60 bits per heavy atom. The Kier molecular flexibility index (Phi) is 4.40. The lowest BCUT2D eigenvalue weighted by Crippen LogP contribution is -2.19. The molecule has 2 aromatic rings. The predicted molar refractivity (Wildman–Crippen MR) is 85.7 cm³/mol. The quantitative estimate of drug-likeness (QED) is 0.916. The van der Waals surface area contributed by atoms with Crippen LogP contribution in [0, 0.1) is 13.8 Å². The van der Waals surface area contributed by atoms with Gasteiger partial charge in [-0.15, -0.1) is 0 Å². The van der Waals surface area contributed by atoms with Crippen LogP contribution < -0.4 is 10.2 Å². The standard InChI is InChI=1S/C17H23N3/c1-12-8-9-16(13(2)11-12)20(5)17-15(14(3)18-4)7-6-10-19-17/h6-11,14,18H,1-5H3. The van der Waals surface area contributed by atoms with Gasteiger partial charge < -0.3 is 10.2 Å². The number of aryl methyl sites for hydroxylation is 2. The molecule has 2 rings (SSSR count). The van der Waals surface area contributed by atoms with E-state index in [0.29, 0.717) is 0 Å². The average molecular weight is 269 g/mol. The van der Waals surface area contributed by atoms with Crippen molar-refractivity contribution in [1.82, 2.24) is 10.3 Å². The lowest BCUT2D eigenvalue weighted by molar-refractivity contribution is 0.649. The Morgan fingerprint density at radius 1 is 1.20 bits per heavy atom. The number of hydrogen-bond acceptors (Lipinski definition) is 3. The van der Waals surface area contributed by atoms with Crippen molar-refractivity contribution < 1.29 is 0 Å². The molecule has 0 saturated heterocycles. The Labute approximate surface area is 121 Å². The Bertz CT molecular complexity index is 593. The second kappa shape index (κ2) is 6.06. The molecule has 0 fully saturated rings. The molecular weight excluding hydrogens is 246 g/mol. The van der Waals surface area contributed by atoms with E-state index >= 15 is 0 Å². The van der Waals surface area contributed by atoms with Crippen LogP contribution in [-0.4, -0.2) is 19.1 Å². The molecule has 3 heteroatoms. The first-order chi connectivity index (χ1) is 9.54. The van der Waals surface area contributed by atoms with Crippen LogP contribution in [0.3, 0.4) is 0 Å². The molecule has 1 aromatic heterocycles. The van der Waals surface area contributed by atoms with Gasteiger partial charge in [0.25, 0.3) is 0 Å². The second-order valence-corrected chi connectivity index (χ2v) is 5.28. The van der Waals surface area contributed by atoms with Gasteiger partial charge in [0.05, 0.1) is 0 Å². The van der Waals surface area contributed by atoms with Gasteiger partial charge in [-0.05, 0) is 45.5 Å². The van der Waals surface area contributed by atoms with Gasteiger partial charge >= 0.3 is 0 Å². The van der Waals surface area contributed by atoms with E-state index in [1.165, 1.54) is 22.4 Å². The number of benzene rings is 1. The first-order valence-electron chi connectivity index (χ1n) is 6.97. The Balaban J connectivity index is 2.45. The molecule has 106 valence electrons. The van der Waals surface area contributed by atoms with Crippen molar-refractivity contribution in [3.8, 4) is 0 Å². The zero-order valence-electron chi connectivity index (χ0n) is 12.9. The van der Waals surface area contributed by atoms with Crippen LogP contribution in [0.15, 0.2) is 36.5 Å². The normalized spacial score (nSPS) is 12.2. The summed E-state index contributed by atoms with van der Waals surface area (Å²) in [5, 5.41) is 3.29. The van der Waals surface area contributed by atoms with Gasteiger partial charge in [-0.2, -0.15) is 0 Å². The average Bonchev–Trinajstić information content (AvgIpc) is 2.46. The summed E-state index contributed by atoms with van der Waals surface area (Å²) in [7, 11) is 4.05. The van der Waals surface area contributed by atoms with Crippen LogP contribution in [-0.2, 0) is 0 Å². The van der Waals surface area contributed by atoms with Crippen LogP contribution >= 0.6 is 0 Å². The van der Waals surface area contributed by atoms with E-state index in [1.807, 2.05) is 19.3 Å². The van der Waals surface area contributed by atoms with Crippen LogP contribution in [0.4, 0.5) is 11.5 Å². The molecule has 0 amide bonds. The molecule has 0 spiro atoms. The first kappa shape index (κ1) is 14.5. The molecule has 1 aromatic carbocycles. The minimum absolute atomic E-state index is 0.270. The molecule has 1 atom stereocenters. The molecule has 1 unspecified atom stereocenters. The number of aromatic nitrogens is 1. The molecule has 0 aliphatic carbocycles. The van der Waals surface area contributed by atoms with Crippen LogP contribution in [0.1, 0.15) is 29.7 Å². The summed E-state index contributed by atoms with van der Waals surface area (Å²) in [6.07, 6.45) is 1.85. The third kappa shape index (κ3) is 2.83. The highest BCUT2D eigenvalue weighted by Crippen LogP contribution is 2.30. The zero-order valence-corrected chi connectivity index (χ0v) is 12.9. The first-order valence-corrected chi connectivity index (χ1v) is 6.97. The molecule has 0 radical (unpaired) electrons. The Hall–Kier alpha value is -1.87. The summed E-state index contributed by atoms with van der Waals surface area (Å²) < 4.78 is 0. The second-order valence-electron chi connectivity index (χ2n) is 5.28. The summed E-state index contributed by atoms with van der Waals surface area (Å²) in [6.45, 7) is 6.41. The highest BCUT2D eigenvalue weighted by Gasteiger charge is 2.15. The number of anilines is 2. The summed E-state index contributed by atoms with van der Waals surface area (Å²) in [5.74, 6) is 1.00. The third-order valence-corrected chi connectivity index (χ3v) is 3.75. The lowest BCUT2D eigenvalue weighted by atomic mass is 10.1. The maximum Gasteiger partial charge on any atom is 0.137 e. The van der Waals surface area contributed by atoms with Gasteiger partial charge in [0.2, 0.25) is 0 Å². The fourth-order valence-corrected chi connectivity index (χ4v) is 2.48. The van der Waals surface area contributed by atoms with E-state index in [0.717, 1.165) is 5.82 Å². The largest absolute Gasteiger partial charge is 0.329 e. The maximum atomic E-state index is 4.57. The molecule has 0 aliphatic rings. The van der Waals surface area contributed by atoms with Crippen molar-refractivity contribution in [1.29, 1.82) is 0 Å². The molecule has 0 aliphatic heterocycles. The van der Waals surface area contributed by atoms with E-state index in [9.17, 15) is 0 Å².